The van der Waals surface area contributed by atoms with E-state index in [1.54, 1.807) is 24.3 Å². The van der Waals surface area contributed by atoms with Crippen molar-refractivity contribution in [3.63, 3.8) is 0 Å². The van der Waals surface area contributed by atoms with Crippen molar-refractivity contribution in [2.24, 2.45) is 0 Å². The van der Waals surface area contributed by atoms with Crippen LogP contribution in [0.2, 0.25) is 0 Å². The highest BCUT2D eigenvalue weighted by Crippen LogP contribution is 2.32. The highest BCUT2D eigenvalue weighted by atomic mass is 32.2. The molecule has 0 saturated heterocycles. The molecule has 0 aliphatic rings. The molecule has 0 unspecified atom stereocenters. The summed E-state index contributed by atoms with van der Waals surface area (Å²) >= 11 is 0. The Morgan fingerprint density at radius 2 is 1.78 bits per heavy atom. The highest BCUT2D eigenvalue weighted by molar-refractivity contribution is 7.89. The summed E-state index contributed by atoms with van der Waals surface area (Å²) in [5.41, 5.74) is 1.06. The maximum absolute atomic E-state index is 12.5. The SMILES string of the molecule is COc1cc(-c2ccccc2S(=O)(=O)N(C)C)ccc1C(=O)O. The van der Waals surface area contributed by atoms with E-state index in [0.717, 1.165) is 4.31 Å². The summed E-state index contributed by atoms with van der Waals surface area (Å²) in [5, 5.41) is 9.13. The second-order valence-corrected chi connectivity index (χ2v) is 7.12. The molecule has 6 nitrogen and oxygen atoms in total. The van der Waals surface area contributed by atoms with Gasteiger partial charge in [0.2, 0.25) is 10.0 Å². The zero-order valence-electron chi connectivity index (χ0n) is 13.0. The van der Waals surface area contributed by atoms with Crippen LogP contribution >= 0.6 is 0 Å². The number of nitrogens with zero attached hydrogens (tertiary/aromatic N) is 1. The number of benzene rings is 2. The maximum Gasteiger partial charge on any atom is 0.339 e. The van der Waals surface area contributed by atoms with Gasteiger partial charge in [0.25, 0.3) is 0 Å². The fourth-order valence-corrected chi connectivity index (χ4v) is 3.27. The molecule has 0 fully saturated rings. The molecule has 2 rings (SSSR count). The average molecular weight is 335 g/mol. The Hall–Kier alpha value is -2.38. The molecule has 0 amide bonds. The summed E-state index contributed by atoms with van der Waals surface area (Å²) in [7, 11) is 0.661. The predicted octanol–water partition coefficient (Wildman–Crippen LogP) is 2.31. The summed E-state index contributed by atoms with van der Waals surface area (Å²) in [6.45, 7) is 0. The van der Waals surface area contributed by atoms with E-state index < -0.39 is 16.0 Å². The molecule has 0 aromatic heterocycles. The minimum Gasteiger partial charge on any atom is -0.496 e. The molecule has 0 atom stereocenters. The van der Waals surface area contributed by atoms with E-state index in [-0.39, 0.29) is 16.2 Å². The van der Waals surface area contributed by atoms with E-state index in [1.165, 1.54) is 39.4 Å². The number of hydrogen-bond donors (Lipinski definition) is 1. The average Bonchev–Trinajstić information content (AvgIpc) is 2.53. The Balaban J connectivity index is 2.67. The van der Waals surface area contributed by atoms with Gasteiger partial charge in [-0.05, 0) is 23.8 Å². The number of carbonyl (C=O) groups is 1. The van der Waals surface area contributed by atoms with E-state index in [1.807, 2.05) is 0 Å². The number of aromatic carboxylic acids is 1. The molecular formula is C16H17NO5S. The van der Waals surface area contributed by atoms with Crippen LogP contribution in [0.15, 0.2) is 47.4 Å². The minimum absolute atomic E-state index is 0.0178. The van der Waals surface area contributed by atoms with E-state index in [2.05, 4.69) is 0 Å². The lowest BCUT2D eigenvalue weighted by atomic mass is 10.0. The van der Waals surface area contributed by atoms with Crippen LogP contribution < -0.4 is 4.74 Å². The first-order valence-corrected chi connectivity index (χ1v) is 8.16. The standard InChI is InChI=1S/C16H17NO5S/c1-17(2)23(20,21)15-7-5-4-6-12(15)11-8-9-13(16(18)19)14(10-11)22-3/h4-10H,1-3H3,(H,18,19). The first-order valence-electron chi connectivity index (χ1n) is 6.72. The number of carboxylic acids is 1. The molecular weight excluding hydrogens is 318 g/mol. The number of sulfonamides is 1. The zero-order valence-corrected chi connectivity index (χ0v) is 13.8. The number of rotatable bonds is 5. The van der Waals surface area contributed by atoms with Gasteiger partial charge in [0, 0.05) is 19.7 Å². The third-order valence-corrected chi connectivity index (χ3v) is 5.26. The van der Waals surface area contributed by atoms with E-state index in [0.29, 0.717) is 11.1 Å². The van der Waals surface area contributed by atoms with Crippen molar-refractivity contribution in [3.05, 3.63) is 48.0 Å². The van der Waals surface area contributed by atoms with Gasteiger partial charge in [-0.3, -0.25) is 0 Å². The summed E-state index contributed by atoms with van der Waals surface area (Å²) < 4.78 is 31.1. The van der Waals surface area contributed by atoms with Gasteiger partial charge in [-0.25, -0.2) is 17.5 Å². The lowest BCUT2D eigenvalue weighted by Crippen LogP contribution is -2.22. The molecule has 0 radical (unpaired) electrons. The van der Waals surface area contributed by atoms with Gasteiger partial charge in [0.1, 0.15) is 11.3 Å². The van der Waals surface area contributed by atoms with Crippen LogP contribution in [0.5, 0.6) is 5.75 Å². The maximum atomic E-state index is 12.5. The lowest BCUT2D eigenvalue weighted by Gasteiger charge is -2.16. The fourth-order valence-electron chi connectivity index (χ4n) is 2.16. The Bertz CT molecular complexity index is 843. The molecule has 122 valence electrons. The van der Waals surface area contributed by atoms with Crippen LogP contribution in [0.3, 0.4) is 0 Å². The quantitative estimate of drug-likeness (QED) is 0.906. The summed E-state index contributed by atoms with van der Waals surface area (Å²) in [6, 6.07) is 11.0. The minimum atomic E-state index is -3.63. The van der Waals surface area contributed by atoms with Gasteiger partial charge in [-0.2, -0.15) is 0 Å². The monoisotopic (exact) mass is 335 g/mol. The summed E-state index contributed by atoms with van der Waals surface area (Å²) in [5.74, 6) is -0.936. The Kier molecular flexibility index (Phi) is 4.72. The van der Waals surface area contributed by atoms with Crippen molar-refractivity contribution in [1.29, 1.82) is 0 Å². The van der Waals surface area contributed by atoms with Crippen molar-refractivity contribution < 1.29 is 23.1 Å². The normalized spacial score (nSPS) is 11.5. The van der Waals surface area contributed by atoms with Crippen molar-refractivity contribution in [3.8, 4) is 16.9 Å². The summed E-state index contributed by atoms with van der Waals surface area (Å²) in [6.07, 6.45) is 0. The Labute approximate surface area is 135 Å². The largest absolute Gasteiger partial charge is 0.496 e. The molecule has 7 heteroatoms. The van der Waals surface area contributed by atoms with Gasteiger partial charge in [0.05, 0.1) is 12.0 Å². The van der Waals surface area contributed by atoms with Gasteiger partial charge in [-0.1, -0.05) is 24.3 Å². The number of hydrogen-bond acceptors (Lipinski definition) is 4. The molecule has 0 spiro atoms. The smallest absolute Gasteiger partial charge is 0.339 e. The topological polar surface area (TPSA) is 83.9 Å². The molecule has 0 aliphatic heterocycles. The molecule has 0 saturated carbocycles. The Morgan fingerprint density at radius 3 is 2.35 bits per heavy atom. The van der Waals surface area contributed by atoms with Gasteiger partial charge < -0.3 is 9.84 Å². The molecule has 1 N–H and O–H groups in total. The van der Waals surface area contributed by atoms with Crippen molar-refractivity contribution in [2.75, 3.05) is 21.2 Å². The number of ether oxygens (including phenoxy) is 1. The first kappa shape index (κ1) is 17.0. The molecule has 0 bridgehead atoms. The van der Waals surface area contributed by atoms with E-state index >= 15 is 0 Å². The fraction of sp³-hybridized carbons (Fsp3) is 0.188. The van der Waals surface area contributed by atoms with Crippen LogP contribution in [0, 0.1) is 0 Å². The van der Waals surface area contributed by atoms with E-state index in [9.17, 15) is 13.2 Å². The molecule has 23 heavy (non-hydrogen) atoms. The second kappa shape index (κ2) is 6.39. The lowest BCUT2D eigenvalue weighted by molar-refractivity contribution is 0.0693. The number of carboxylic acid groups (broad SMARTS) is 1. The predicted molar refractivity (Wildman–Crippen MR) is 86.3 cm³/mol. The van der Waals surface area contributed by atoms with Crippen molar-refractivity contribution >= 4 is 16.0 Å². The molecule has 2 aromatic carbocycles. The third kappa shape index (κ3) is 3.20. The molecule has 2 aromatic rings. The summed E-state index contributed by atoms with van der Waals surface area (Å²) in [4.78, 5) is 11.3. The van der Waals surface area contributed by atoms with Crippen LogP contribution in [0.4, 0.5) is 0 Å². The van der Waals surface area contributed by atoms with Crippen molar-refractivity contribution in [1.82, 2.24) is 4.31 Å². The second-order valence-electron chi connectivity index (χ2n) is 5.00. The van der Waals surface area contributed by atoms with Gasteiger partial charge in [-0.15, -0.1) is 0 Å². The van der Waals surface area contributed by atoms with Crippen LogP contribution in [0.1, 0.15) is 10.4 Å². The van der Waals surface area contributed by atoms with Crippen LogP contribution in [-0.2, 0) is 10.0 Å². The van der Waals surface area contributed by atoms with Crippen LogP contribution in [0.25, 0.3) is 11.1 Å². The zero-order chi connectivity index (χ0) is 17.2. The molecule has 0 aliphatic carbocycles. The van der Waals surface area contributed by atoms with E-state index in [4.69, 9.17) is 9.84 Å². The van der Waals surface area contributed by atoms with Crippen molar-refractivity contribution in [2.45, 2.75) is 4.90 Å². The Morgan fingerprint density at radius 1 is 1.13 bits per heavy atom. The van der Waals surface area contributed by atoms with Crippen LogP contribution in [-0.4, -0.2) is 45.0 Å². The number of methoxy groups -OCH3 is 1. The highest BCUT2D eigenvalue weighted by Gasteiger charge is 2.22. The molecule has 0 heterocycles. The van der Waals surface area contributed by atoms with Gasteiger partial charge >= 0.3 is 5.97 Å². The first-order chi connectivity index (χ1) is 10.8. The van der Waals surface area contributed by atoms with Gasteiger partial charge in [0.15, 0.2) is 0 Å². The third-order valence-electron chi connectivity index (χ3n) is 3.39.